The molecule has 0 aliphatic carbocycles. The van der Waals surface area contributed by atoms with Gasteiger partial charge >= 0.3 is 0 Å². The molecule has 0 radical (unpaired) electrons. The highest BCUT2D eigenvalue weighted by Crippen LogP contribution is 2.23. The van der Waals surface area contributed by atoms with E-state index in [1.54, 1.807) is 26.4 Å². The number of morpholine rings is 1. The molecule has 1 aromatic rings. The molecule has 0 spiro atoms. The van der Waals surface area contributed by atoms with E-state index in [4.69, 9.17) is 14.2 Å². The Morgan fingerprint density at radius 2 is 1.88 bits per heavy atom. The molecule has 0 atom stereocenters. The van der Waals surface area contributed by atoms with E-state index >= 15 is 0 Å². The van der Waals surface area contributed by atoms with Gasteiger partial charge in [-0.1, -0.05) is 0 Å². The van der Waals surface area contributed by atoms with Gasteiger partial charge in [-0.3, -0.25) is 9.69 Å². The number of carbonyl (C=O) groups excluding carboxylic acids is 1. The van der Waals surface area contributed by atoms with Crippen LogP contribution in [0.2, 0.25) is 0 Å². The number of nitrogens with one attached hydrogen (secondary N) is 1. The number of methoxy groups -OCH3 is 2. The van der Waals surface area contributed by atoms with Crippen LogP contribution in [0.3, 0.4) is 0 Å². The molecule has 24 heavy (non-hydrogen) atoms. The lowest BCUT2D eigenvalue weighted by atomic mass is 10.2. The maximum atomic E-state index is 11.9. The molecule has 1 aliphatic heterocycles. The van der Waals surface area contributed by atoms with Gasteiger partial charge in [0.15, 0.2) is 0 Å². The number of rotatable bonds is 8. The van der Waals surface area contributed by atoms with E-state index in [0.717, 1.165) is 44.8 Å². The number of ether oxygens (including phenoxy) is 3. The van der Waals surface area contributed by atoms with E-state index in [0.29, 0.717) is 18.0 Å². The van der Waals surface area contributed by atoms with Crippen molar-refractivity contribution in [1.82, 2.24) is 10.2 Å². The minimum Gasteiger partial charge on any atom is -0.497 e. The summed E-state index contributed by atoms with van der Waals surface area (Å²) in [5.74, 6) is 1.29. The van der Waals surface area contributed by atoms with Crippen molar-refractivity contribution in [2.45, 2.75) is 6.42 Å². The van der Waals surface area contributed by atoms with E-state index in [2.05, 4.69) is 10.2 Å². The van der Waals surface area contributed by atoms with Crippen LogP contribution < -0.4 is 14.8 Å². The van der Waals surface area contributed by atoms with E-state index in [-0.39, 0.29) is 5.91 Å². The Bertz CT molecular complexity index is 532. The van der Waals surface area contributed by atoms with Crippen LogP contribution in [0.1, 0.15) is 12.0 Å². The Labute approximate surface area is 143 Å². The lowest BCUT2D eigenvalue weighted by Gasteiger charge is -2.26. The van der Waals surface area contributed by atoms with Crippen molar-refractivity contribution in [2.24, 2.45) is 0 Å². The molecule has 0 saturated carbocycles. The molecule has 1 saturated heterocycles. The number of hydrogen-bond acceptors (Lipinski definition) is 5. The van der Waals surface area contributed by atoms with Crippen molar-refractivity contribution in [3.05, 3.63) is 29.8 Å². The third-order valence-corrected chi connectivity index (χ3v) is 3.85. The summed E-state index contributed by atoms with van der Waals surface area (Å²) in [6.07, 6.45) is 4.22. The summed E-state index contributed by atoms with van der Waals surface area (Å²) in [6.45, 7) is 5.22. The lowest BCUT2D eigenvalue weighted by molar-refractivity contribution is -0.116. The maximum absolute atomic E-state index is 11.9. The molecule has 132 valence electrons. The van der Waals surface area contributed by atoms with Gasteiger partial charge in [0.25, 0.3) is 0 Å². The molecule has 0 unspecified atom stereocenters. The molecule has 1 aliphatic rings. The van der Waals surface area contributed by atoms with E-state index in [1.807, 2.05) is 12.1 Å². The van der Waals surface area contributed by atoms with E-state index < -0.39 is 0 Å². The fourth-order valence-corrected chi connectivity index (χ4v) is 2.50. The number of amides is 1. The fourth-order valence-electron chi connectivity index (χ4n) is 2.50. The molecule has 1 aromatic carbocycles. The zero-order chi connectivity index (χ0) is 17.2. The fraction of sp³-hybridized carbons (Fsp3) is 0.500. The van der Waals surface area contributed by atoms with Crippen molar-refractivity contribution in [3.8, 4) is 11.5 Å². The zero-order valence-electron chi connectivity index (χ0n) is 14.4. The van der Waals surface area contributed by atoms with Gasteiger partial charge in [-0.05, 0) is 36.7 Å². The Morgan fingerprint density at radius 1 is 1.21 bits per heavy atom. The highest BCUT2D eigenvalue weighted by Gasteiger charge is 2.09. The van der Waals surface area contributed by atoms with Gasteiger partial charge in [0.05, 0.1) is 27.4 Å². The first-order valence-corrected chi connectivity index (χ1v) is 8.20. The van der Waals surface area contributed by atoms with Crippen molar-refractivity contribution in [1.29, 1.82) is 0 Å². The van der Waals surface area contributed by atoms with Crippen molar-refractivity contribution >= 4 is 12.0 Å². The first-order chi connectivity index (χ1) is 11.7. The number of nitrogens with zero attached hydrogens (tertiary/aromatic N) is 1. The predicted octanol–water partition coefficient (Wildman–Crippen LogP) is 1.56. The second kappa shape index (κ2) is 9.95. The van der Waals surface area contributed by atoms with Gasteiger partial charge in [0.1, 0.15) is 11.5 Å². The van der Waals surface area contributed by atoms with Crippen molar-refractivity contribution < 1.29 is 19.0 Å². The zero-order valence-corrected chi connectivity index (χ0v) is 14.4. The van der Waals surface area contributed by atoms with E-state index in [1.165, 1.54) is 6.08 Å². The molecular formula is C18H26N2O4. The molecule has 1 amide bonds. The van der Waals surface area contributed by atoms with Gasteiger partial charge in [0.2, 0.25) is 5.91 Å². The highest BCUT2D eigenvalue weighted by molar-refractivity contribution is 5.91. The number of carbonyl (C=O) groups is 1. The Morgan fingerprint density at radius 3 is 2.50 bits per heavy atom. The average Bonchev–Trinajstić information content (AvgIpc) is 2.64. The van der Waals surface area contributed by atoms with Crippen LogP contribution in [0.15, 0.2) is 24.3 Å². The molecule has 6 nitrogen and oxygen atoms in total. The van der Waals surface area contributed by atoms with Crippen LogP contribution in [0.5, 0.6) is 11.5 Å². The van der Waals surface area contributed by atoms with Gasteiger partial charge in [0, 0.05) is 31.8 Å². The van der Waals surface area contributed by atoms with Crippen LogP contribution in [0.4, 0.5) is 0 Å². The molecule has 1 heterocycles. The summed E-state index contributed by atoms with van der Waals surface area (Å²) >= 11 is 0. The molecule has 2 rings (SSSR count). The normalized spacial score (nSPS) is 15.4. The Kier molecular flexibility index (Phi) is 7.58. The van der Waals surface area contributed by atoms with Crippen molar-refractivity contribution in [2.75, 3.05) is 53.6 Å². The lowest BCUT2D eigenvalue weighted by Crippen LogP contribution is -2.38. The second-order valence-corrected chi connectivity index (χ2v) is 5.58. The Balaban J connectivity index is 1.74. The smallest absolute Gasteiger partial charge is 0.243 e. The third kappa shape index (κ3) is 6.22. The standard InChI is InChI=1S/C18H26N2O4/c1-22-16-12-15(13-17(14-16)23-2)4-5-18(21)19-6-3-7-20-8-10-24-11-9-20/h4-5,12-14H,3,6-11H2,1-2H3,(H,19,21)/b5-4+. The first-order valence-electron chi connectivity index (χ1n) is 8.20. The topological polar surface area (TPSA) is 60.0 Å². The molecule has 6 heteroatoms. The predicted molar refractivity (Wildman–Crippen MR) is 93.5 cm³/mol. The van der Waals surface area contributed by atoms with Crippen LogP contribution in [0.25, 0.3) is 6.08 Å². The summed E-state index contributed by atoms with van der Waals surface area (Å²) < 4.78 is 15.7. The summed E-state index contributed by atoms with van der Waals surface area (Å²) in [5, 5.41) is 2.90. The van der Waals surface area contributed by atoms with Crippen molar-refractivity contribution in [3.63, 3.8) is 0 Å². The van der Waals surface area contributed by atoms with Gasteiger partial charge in [-0.2, -0.15) is 0 Å². The number of hydrogen-bond donors (Lipinski definition) is 1. The minimum absolute atomic E-state index is 0.0984. The van der Waals surface area contributed by atoms with Gasteiger partial charge < -0.3 is 19.5 Å². The molecule has 0 bridgehead atoms. The largest absolute Gasteiger partial charge is 0.497 e. The SMILES string of the molecule is COc1cc(/C=C/C(=O)NCCCN2CCOCC2)cc(OC)c1. The van der Waals surface area contributed by atoms with Crippen LogP contribution in [0, 0.1) is 0 Å². The molecular weight excluding hydrogens is 308 g/mol. The minimum atomic E-state index is -0.0984. The van der Waals surface area contributed by atoms with Crippen LogP contribution >= 0.6 is 0 Å². The van der Waals surface area contributed by atoms with Gasteiger partial charge in [-0.15, -0.1) is 0 Å². The second-order valence-electron chi connectivity index (χ2n) is 5.58. The summed E-state index contributed by atoms with van der Waals surface area (Å²) in [6, 6.07) is 5.50. The van der Waals surface area contributed by atoms with Gasteiger partial charge in [-0.25, -0.2) is 0 Å². The summed E-state index contributed by atoms with van der Waals surface area (Å²) in [5.41, 5.74) is 0.856. The summed E-state index contributed by atoms with van der Waals surface area (Å²) in [7, 11) is 3.20. The summed E-state index contributed by atoms with van der Waals surface area (Å²) in [4.78, 5) is 14.2. The quantitative estimate of drug-likeness (QED) is 0.577. The van der Waals surface area contributed by atoms with E-state index in [9.17, 15) is 4.79 Å². The highest BCUT2D eigenvalue weighted by atomic mass is 16.5. The number of benzene rings is 1. The maximum Gasteiger partial charge on any atom is 0.243 e. The van der Waals surface area contributed by atoms with Crippen LogP contribution in [-0.2, 0) is 9.53 Å². The van der Waals surface area contributed by atoms with Crippen LogP contribution in [-0.4, -0.2) is 64.4 Å². The average molecular weight is 334 g/mol. The molecule has 1 N–H and O–H groups in total. The molecule has 1 fully saturated rings. The Hall–Kier alpha value is -2.05. The monoisotopic (exact) mass is 334 g/mol. The first kappa shape index (κ1) is 18.3. The molecule has 0 aromatic heterocycles. The third-order valence-electron chi connectivity index (χ3n) is 3.85.